The third-order valence-corrected chi connectivity index (χ3v) is 7.85. The van der Waals surface area contributed by atoms with E-state index in [1.165, 1.54) is 18.4 Å². The lowest BCUT2D eigenvalue weighted by atomic mass is 9.98. The number of carbonyl (C=O) groups is 1. The monoisotopic (exact) mass is 477 g/mol. The van der Waals surface area contributed by atoms with Crippen LogP contribution in [0.3, 0.4) is 0 Å². The SMILES string of the molecule is COc1ccc(N2CCN(C(=O)C[C@H]3CCNC3)[C@@H](Cc3ccccc3)C2)cc1OC1CCCC1. The van der Waals surface area contributed by atoms with Gasteiger partial charge in [-0.15, -0.1) is 0 Å². The molecule has 1 saturated carbocycles. The number of amides is 1. The molecule has 35 heavy (non-hydrogen) atoms. The van der Waals surface area contributed by atoms with Crippen LogP contribution in [-0.2, 0) is 11.2 Å². The molecule has 2 saturated heterocycles. The van der Waals surface area contributed by atoms with Crippen molar-refractivity contribution in [2.75, 3.05) is 44.7 Å². The summed E-state index contributed by atoms with van der Waals surface area (Å²) in [4.78, 5) is 17.9. The molecule has 0 spiro atoms. The van der Waals surface area contributed by atoms with Gasteiger partial charge >= 0.3 is 0 Å². The third kappa shape index (κ3) is 5.92. The van der Waals surface area contributed by atoms with Crippen molar-refractivity contribution in [2.24, 2.45) is 5.92 Å². The number of rotatable bonds is 8. The van der Waals surface area contributed by atoms with Crippen molar-refractivity contribution in [1.29, 1.82) is 0 Å². The van der Waals surface area contributed by atoms with E-state index in [1.54, 1.807) is 7.11 Å². The second kappa shape index (κ2) is 11.3. The molecule has 0 radical (unpaired) electrons. The standard InChI is InChI=1S/C29H39N3O3/c1-34-27-12-11-24(19-28(27)35-26-9-5-6-10-26)31-15-16-32(29(33)18-23-13-14-30-20-23)25(21-31)17-22-7-3-2-4-8-22/h2-4,7-8,11-12,19,23,25-26,30H,5-6,9-10,13-18,20-21H2,1H3/t23-,25+/m1/s1. The van der Waals surface area contributed by atoms with E-state index in [-0.39, 0.29) is 12.1 Å². The number of methoxy groups -OCH3 is 1. The van der Waals surface area contributed by atoms with E-state index in [2.05, 4.69) is 57.6 Å². The minimum absolute atomic E-state index is 0.148. The first kappa shape index (κ1) is 24.0. The summed E-state index contributed by atoms with van der Waals surface area (Å²) >= 11 is 0. The van der Waals surface area contributed by atoms with Gasteiger partial charge in [0.1, 0.15) is 0 Å². The second-order valence-corrected chi connectivity index (χ2v) is 10.3. The topological polar surface area (TPSA) is 54.0 Å². The Morgan fingerprint density at radius 1 is 1.03 bits per heavy atom. The third-order valence-electron chi connectivity index (χ3n) is 7.85. The van der Waals surface area contributed by atoms with Crippen molar-refractivity contribution in [1.82, 2.24) is 10.2 Å². The fourth-order valence-corrected chi connectivity index (χ4v) is 5.87. The van der Waals surface area contributed by atoms with Crippen LogP contribution in [-0.4, -0.2) is 62.8 Å². The highest BCUT2D eigenvalue weighted by atomic mass is 16.5. The Hall–Kier alpha value is -2.73. The largest absolute Gasteiger partial charge is 0.493 e. The molecule has 2 aromatic carbocycles. The zero-order chi connectivity index (χ0) is 24.0. The maximum atomic E-state index is 13.4. The predicted octanol–water partition coefficient (Wildman–Crippen LogP) is 4.28. The summed E-state index contributed by atoms with van der Waals surface area (Å²) in [5, 5.41) is 3.40. The molecule has 1 aliphatic carbocycles. The van der Waals surface area contributed by atoms with Gasteiger partial charge in [0.05, 0.1) is 19.3 Å². The van der Waals surface area contributed by atoms with E-state index >= 15 is 0 Å². The number of ether oxygens (including phenoxy) is 2. The first-order valence-electron chi connectivity index (χ1n) is 13.3. The highest BCUT2D eigenvalue weighted by molar-refractivity contribution is 5.77. The lowest BCUT2D eigenvalue weighted by Gasteiger charge is -2.43. The van der Waals surface area contributed by atoms with Gasteiger partial charge in [-0.1, -0.05) is 30.3 Å². The molecule has 0 bridgehead atoms. The van der Waals surface area contributed by atoms with Gasteiger partial charge in [-0.05, 0) is 75.2 Å². The van der Waals surface area contributed by atoms with Crippen molar-refractivity contribution in [3.05, 3.63) is 54.1 Å². The second-order valence-electron chi connectivity index (χ2n) is 10.3. The van der Waals surface area contributed by atoms with E-state index in [0.717, 1.165) is 75.6 Å². The molecule has 2 aliphatic heterocycles. The lowest BCUT2D eigenvalue weighted by Crippen LogP contribution is -2.56. The number of hydrogen-bond acceptors (Lipinski definition) is 5. The van der Waals surface area contributed by atoms with E-state index in [1.807, 2.05) is 6.07 Å². The molecule has 1 amide bonds. The molecule has 3 fully saturated rings. The number of hydrogen-bond donors (Lipinski definition) is 1. The highest BCUT2D eigenvalue weighted by Crippen LogP contribution is 2.36. The molecule has 3 aliphatic rings. The maximum Gasteiger partial charge on any atom is 0.223 e. The predicted molar refractivity (Wildman–Crippen MR) is 139 cm³/mol. The van der Waals surface area contributed by atoms with Crippen molar-refractivity contribution in [3.8, 4) is 11.5 Å². The molecule has 2 aromatic rings. The molecule has 2 atom stereocenters. The minimum Gasteiger partial charge on any atom is -0.493 e. The van der Waals surface area contributed by atoms with Gasteiger partial charge in [0.25, 0.3) is 0 Å². The van der Waals surface area contributed by atoms with Crippen molar-refractivity contribution >= 4 is 11.6 Å². The van der Waals surface area contributed by atoms with Gasteiger partial charge in [-0.25, -0.2) is 0 Å². The van der Waals surface area contributed by atoms with Gasteiger partial charge in [-0.3, -0.25) is 4.79 Å². The van der Waals surface area contributed by atoms with Crippen LogP contribution in [0.2, 0.25) is 0 Å². The van der Waals surface area contributed by atoms with E-state index in [0.29, 0.717) is 18.2 Å². The number of carbonyl (C=O) groups excluding carboxylic acids is 1. The number of anilines is 1. The first-order valence-corrected chi connectivity index (χ1v) is 13.3. The Morgan fingerprint density at radius 2 is 1.86 bits per heavy atom. The average Bonchev–Trinajstić information content (AvgIpc) is 3.59. The molecule has 0 unspecified atom stereocenters. The van der Waals surface area contributed by atoms with Crippen LogP contribution in [0.5, 0.6) is 11.5 Å². The number of benzene rings is 2. The van der Waals surface area contributed by atoms with Crippen LogP contribution in [0.25, 0.3) is 0 Å². The summed E-state index contributed by atoms with van der Waals surface area (Å²) in [6, 6.07) is 17.0. The fourth-order valence-electron chi connectivity index (χ4n) is 5.87. The minimum atomic E-state index is 0.148. The normalized spacial score (nSPS) is 23.0. The molecule has 2 heterocycles. The van der Waals surface area contributed by atoms with Gasteiger partial charge < -0.3 is 24.6 Å². The molecule has 5 rings (SSSR count). The molecule has 6 nitrogen and oxygen atoms in total. The Labute approximate surface area is 209 Å². The maximum absolute atomic E-state index is 13.4. The van der Waals surface area contributed by atoms with Crippen LogP contribution >= 0.6 is 0 Å². The van der Waals surface area contributed by atoms with E-state index < -0.39 is 0 Å². The molecule has 0 aromatic heterocycles. The highest BCUT2D eigenvalue weighted by Gasteiger charge is 2.32. The summed E-state index contributed by atoms with van der Waals surface area (Å²) in [6.45, 7) is 4.39. The zero-order valence-corrected chi connectivity index (χ0v) is 21.0. The van der Waals surface area contributed by atoms with E-state index in [4.69, 9.17) is 9.47 Å². The summed E-state index contributed by atoms with van der Waals surface area (Å²) in [7, 11) is 1.71. The quantitative estimate of drug-likeness (QED) is 0.615. The van der Waals surface area contributed by atoms with Crippen molar-refractivity contribution in [3.63, 3.8) is 0 Å². The molecular weight excluding hydrogens is 438 g/mol. The van der Waals surface area contributed by atoms with Crippen LogP contribution in [0, 0.1) is 5.92 Å². The smallest absolute Gasteiger partial charge is 0.223 e. The zero-order valence-electron chi connectivity index (χ0n) is 21.0. The van der Waals surface area contributed by atoms with Crippen LogP contribution in [0.1, 0.15) is 44.1 Å². The number of nitrogens with one attached hydrogen (secondary N) is 1. The molecule has 6 heteroatoms. The summed E-state index contributed by atoms with van der Waals surface area (Å²) in [5.41, 5.74) is 2.42. The van der Waals surface area contributed by atoms with Gasteiger partial charge in [0, 0.05) is 37.8 Å². The lowest BCUT2D eigenvalue weighted by molar-refractivity contribution is -0.134. The number of piperazine rings is 1. The van der Waals surface area contributed by atoms with Gasteiger partial charge in [-0.2, -0.15) is 0 Å². The van der Waals surface area contributed by atoms with Crippen molar-refractivity contribution in [2.45, 2.75) is 57.1 Å². The Balaban J connectivity index is 1.33. The van der Waals surface area contributed by atoms with Gasteiger partial charge in [0.2, 0.25) is 5.91 Å². The Kier molecular flexibility index (Phi) is 7.77. The average molecular weight is 478 g/mol. The first-order chi connectivity index (χ1) is 17.2. The Bertz CT molecular complexity index is 970. The molecule has 1 N–H and O–H groups in total. The molecule has 188 valence electrons. The van der Waals surface area contributed by atoms with Gasteiger partial charge in [0.15, 0.2) is 11.5 Å². The fraction of sp³-hybridized carbons (Fsp3) is 0.552. The molecular formula is C29H39N3O3. The summed E-state index contributed by atoms with van der Waals surface area (Å²) < 4.78 is 12.0. The van der Waals surface area contributed by atoms with Crippen molar-refractivity contribution < 1.29 is 14.3 Å². The van der Waals surface area contributed by atoms with Crippen LogP contribution in [0.4, 0.5) is 5.69 Å². The Morgan fingerprint density at radius 3 is 2.60 bits per heavy atom. The van der Waals surface area contributed by atoms with E-state index in [9.17, 15) is 4.79 Å². The summed E-state index contributed by atoms with van der Waals surface area (Å²) in [6.07, 6.45) is 7.61. The number of nitrogens with zero attached hydrogens (tertiary/aromatic N) is 2. The van der Waals surface area contributed by atoms with Crippen LogP contribution in [0.15, 0.2) is 48.5 Å². The van der Waals surface area contributed by atoms with Crippen LogP contribution < -0.4 is 19.7 Å². The summed E-state index contributed by atoms with van der Waals surface area (Å²) in [5.74, 6) is 2.40.